The Morgan fingerprint density at radius 2 is 1.96 bits per heavy atom. The first-order valence-corrected chi connectivity index (χ1v) is 8.98. The number of nitrogens with zero attached hydrogens (tertiary/aromatic N) is 3. The lowest BCUT2D eigenvalue weighted by atomic mass is 10.1. The SMILES string of the molecule is CCC(C)NC(=O)CN1CCN(Cc2cc([N+](=O)[O-])ccc2OC)CC1. The average Bonchev–Trinajstić information content (AvgIpc) is 2.63. The Labute approximate surface area is 154 Å². The number of non-ortho nitro benzene ring substituents is 1. The van der Waals surface area contributed by atoms with Crippen LogP contribution in [0.5, 0.6) is 5.75 Å². The monoisotopic (exact) mass is 364 g/mol. The first-order valence-electron chi connectivity index (χ1n) is 8.98. The molecule has 144 valence electrons. The average molecular weight is 364 g/mol. The van der Waals surface area contributed by atoms with Crippen LogP contribution in [0.4, 0.5) is 5.69 Å². The second-order valence-electron chi connectivity index (χ2n) is 6.68. The molecule has 0 spiro atoms. The van der Waals surface area contributed by atoms with E-state index in [2.05, 4.69) is 15.1 Å². The molecule has 1 heterocycles. The minimum absolute atomic E-state index is 0.0631. The Morgan fingerprint density at radius 1 is 1.31 bits per heavy atom. The summed E-state index contributed by atoms with van der Waals surface area (Å²) in [6, 6.07) is 4.87. The molecule has 0 aromatic heterocycles. The number of amides is 1. The molecule has 26 heavy (non-hydrogen) atoms. The second kappa shape index (κ2) is 9.49. The molecule has 8 nitrogen and oxygen atoms in total. The lowest BCUT2D eigenvalue weighted by Gasteiger charge is -2.34. The zero-order valence-electron chi connectivity index (χ0n) is 15.7. The van der Waals surface area contributed by atoms with E-state index in [-0.39, 0.29) is 17.6 Å². The number of rotatable bonds is 8. The predicted molar refractivity (Wildman–Crippen MR) is 99.3 cm³/mol. The molecule has 8 heteroatoms. The minimum atomic E-state index is -0.392. The number of benzene rings is 1. The van der Waals surface area contributed by atoms with E-state index < -0.39 is 4.92 Å². The quantitative estimate of drug-likeness (QED) is 0.557. The van der Waals surface area contributed by atoms with Crippen molar-refractivity contribution < 1.29 is 14.5 Å². The third-order valence-corrected chi connectivity index (χ3v) is 4.72. The van der Waals surface area contributed by atoms with Gasteiger partial charge in [0.15, 0.2) is 0 Å². The van der Waals surface area contributed by atoms with Gasteiger partial charge in [0.2, 0.25) is 5.91 Å². The molecule has 0 bridgehead atoms. The first kappa shape index (κ1) is 20.1. The molecule has 1 aromatic rings. The van der Waals surface area contributed by atoms with Crippen molar-refractivity contribution in [2.24, 2.45) is 0 Å². The second-order valence-corrected chi connectivity index (χ2v) is 6.68. The number of ether oxygens (including phenoxy) is 1. The van der Waals surface area contributed by atoms with Crippen LogP contribution in [-0.2, 0) is 11.3 Å². The summed E-state index contributed by atoms with van der Waals surface area (Å²) >= 11 is 0. The van der Waals surface area contributed by atoms with Gasteiger partial charge in [0.25, 0.3) is 5.69 Å². The summed E-state index contributed by atoms with van der Waals surface area (Å²) in [7, 11) is 1.57. The number of carbonyl (C=O) groups excluding carboxylic acids is 1. The predicted octanol–water partition coefficient (Wildman–Crippen LogP) is 1.64. The smallest absolute Gasteiger partial charge is 0.270 e. The van der Waals surface area contributed by atoms with Crippen LogP contribution in [0, 0.1) is 10.1 Å². The number of nitro groups is 1. The van der Waals surface area contributed by atoms with Crippen molar-refractivity contribution in [3.8, 4) is 5.75 Å². The van der Waals surface area contributed by atoms with E-state index in [9.17, 15) is 14.9 Å². The molecule has 1 fully saturated rings. The summed E-state index contributed by atoms with van der Waals surface area (Å²) in [6.07, 6.45) is 0.921. The van der Waals surface area contributed by atoms with Gasteiger partial charge in [-0.15, -0.1) is 0 Å². The topological polar surface area (TPSA) is 88.0 Å². The molecule has 1 unspecified atom stereocenters. The van der Waals surface area contributed by atoms with Gasteiger partial charge in [-0.25, -0.2) is 0 Å². The van der Waals surface area contributed by atoms with Gasteiger partial charge in [0.1, 0.15) is 5.75 Å². The molecule has 0 saturated carbocycles. The maximum absolute atomic E-state index is 12.0. The van der Waals surface area contributed by atoms with Crippen molar-refractivity contribution in [3.05, 3.63) is 33.9 Å². The molecule has 1 aliphatic rings. The number of carbonyl (C=O) groups is 1. The van der Waals surface area contributed by atoms with Crippen LogP contribution in [0.25, 0.3) is 0 Å². The van der Waals surface area contributed by atoms with Gasteiger partial charge in [-0.3, -0.25) is 24.7 Å². The summed E-state index contributed by atoms with van der Waals surface area (Å²) in [5.41, 5.74) is 0.880. The molecular weight excluding hydrogens is 336 g/mol. The maximum atomic E-state index is 12.0. The zero-order chi connectivity index (χ0) is 19.1. The Morgan fingerprint density at radius 3 is 2.54 bits per heavy atom. The minimum Gasteiger partial charge on any atom is -0.496 e. The molecule has 1 atom stereocenters. The lowest BCUT2D eigenvalue weighted by molar-refractivity contribution is -0.385. The third-order valence-electron chi connectivity index (χ3n) is 4.72. The van der Waals surface area contributed by atoms with Crippen LogP contribution in [0.2, 0.25) is 0 Å². The van der Waals surface area contributed by atoms with Crippen LogP contribution in [-0.4, -0.2) is 66.5 Å². The largest absolute Gasteiger partial charge is 0.496 e. The highest BCUT2D eigenvalue weighted by molar-refractivity contribution is 5.78. The number of hydrogen-bond acceptors (Lipinski definition) is 6. The van der Waals surface area contributed by atoms with E-state index in [1.54, 1.807) is 19.2 Å². The summed E-state index contributed by atoms with van der Waals surface area (Å²) in [6.45, 7) is 8.27. The fraction of sp³-hybridized carbons (Fsp3) is 0.611. The maximum Gasteiger partial charge on any atom is 0.270 e. The zero-order valence-corrected chi connectivity index (χ0v) is 15.7. The van der Waals surface area contributed by atoms with E-state index in [0.29, 0.717) is 18.8 Å². The van der Waals surface area contributed by atoms with Crippen molar-refractivity contribution in [1.29, 1.82) is 0 Å². The molecule has 0 radical (unpaired) electrons. The summed E-state index contributed by atoms with van der Waals surface area (Å²) in [5, 5.41) is 14.0. The van der Waals surface area contributed by atoms with Gasteiger partial charge >= 0.3 is 0 Å². The van der Waals surface area contributed by atoms with Crippen LogP contribution in [0.15, 0.2) is 18.2 Å². The van der Waals surface area contributed by atoms with Crippen molar-refractivity contribution in [2.75, 3.05) is 39.8 Å². The van der Waals surface area contributed by atoms with E-state index in [4.69, 9.17) is 4.74 Å². The summed E-state index contributed by atoms with van der Waals surface area (Å²) < 4.78 is 5.33. The fourth-order valence-electron chi connectivity index (χ4n) is 2.97. The highest BCUT2D eigenvalue weighted by atomic mass is 16.6. The highest BCUT2D eigenvalue weighted by Gasteiger charge is 2.21. The van der Waals surface area contributed by atoms with Crippen LogP contribution in [0.1, 0.15) is 25.8 Å². The summed E-state index contributed by atoms with van der Waals surface area (Å²) in [4.78, 5) is 27.0. The van der Waals surface area contributed by atoms with Crippen molar-refractivity contribution >= 4 is 11.6 Å². The number of hydrogen-bond donors (Lipinski definition) is 1. The van der Waals surface area contributed by atoms with Crippen molar-refractivity contribution in [1.82, 2.24) is 15.1 Å². The van der Waals surface area contributed by atoms with E-state index in [1.165, 1.54) is 6.07 Å². The van der Waals surface area contributed by atoms with Crippen molar-refractivity contribution in [3.63, 3.8) is 0 Å². The lowest BCUT2D eigenvalue weighted by Crippen LogP contribution is -2.49. The van der Waals surface area contributed by atoms with Gasteiger partial charge in [0, 0.05) is 56.5 Å². The molecule has 1 aromatic carbocycles. The van der Waals surface area contributed by atoms with Crippen LogP contribution >= 0.6 is 0 Å². The van der Waals surface area contributed by atoms with E-state index in [1.807, 2.05) is 13.8 Å². The van der Waals surface area contributed by atoms with Crippen LogP contribution in [0.3, 0.4) is 0 Å². The van der Waals surface area contributed by atoms with Gasteiger partial charge in [-0.1, -0.05) is 6.92 Å². The molecule has 0 aliphatic carbocycles. The third kappa shape index (κ3) is 5.67. The Kier molecular flexibility index (Phi) is 7.35. The number of methoxy groups -OCH3 is 1. The molecule has 1 saturated heterocycles. The van der Waals surface area contributed by atoms with Gasteiger partial charge in [-0.2, -0.15) is 0 Å². The number of piperazine rings is 1. The van der Waals surface area contributed by atoms with Crippen molar-refractivity contribution in [2.45, 2.75) is 32.9 Å². The Bertz CT molecular complexity index is 630. The number of nitro benzene ring substituents is 1. The molecule has 1 N–H and O–H groups in total. The molecule has 2 rings (SSSR count). The summed E-state index contributed by atoms with van der Waals surface area (Å²) in [5.74, 6) is 0.721. The van der Waals surface area contributed by atoms with Gasteiger partial charge in [0.05, 0.1) is 18.6 Å². The molecule has 1 aliphatic heterocycles. The van der Waals surface area contributed by atoms with E-state index in [0.717, 1.165) is 38.2 Å². The normalized spacial score (nSPS) is 16.9. The fourth-order valence-corrected chi connectivity index (χ4v) is 2.97. The highest BCUT2D eigenvalue weighted by Crippen LogP contribution is 2.25. The molecular formula is C18H28N4O4. The molecule has 1 amide bonds. The Balaban J connectivity index is 1.88. The van der Waals surface area contributed by atoms with Gasteiger partial charge in [-0.05, 0) is 19.4 Å². The van der Waals surface area contributed by atoms with E-state index >= 15 is 0 Å². The number of nitrogens with one attached hydrogen (secondary N) is 1. The Hall–Kier alpha value is -2.19. The first-order chi connectivity index (χ1) is 12.4. The van der Waals surface area contributed by atoms with Gasteiger partial charge < -0.3 is 10.1 Å². The van der Waals surface area contributed by atoms with Crippen LogP contribution < -0.4 is 10.1 Å². The standard InChI is InChI=1S/C18H28N4O4/c1-4-14(2)19-18(23)13-21-9-7-20(8-10-21)12-15-11-16(22(24)25)5-6-17(15)26-3/h5-6,11,14H,4,7-10,12-13H2,1-3H3,(H,19,23).